The van der Waals surface area contributed by atoms with Gasteiger partial charge in [0.25, 0.3) is 11.4 Å². The zero-order valence-electron chi connectivity index (χ0n) is 11.0. The van der Waals surface area contributed by atoms with Gasteiger partial charge in [-0.05, 0) is 18.2 Å². The first kappa shape index (κ1) is 14.9. The molecule has 0 aliphatic rings. The Kier molecular flexibility index (Phi) is 4.27. The van der Waals surface area contributed by atoms with Crippen LogP contribution < -0.4 is 5.43 Å². The second kappa shape index (κ2) is 6.31. The predicted molar refractivity (Wildman–Crippen MR) is 79.1 cm³/mol. The van der Waals surface area contributed by atoms with Gasteiger partial charge in [0, 0.05) is 29.8 Å². The molecule has 22 heavy (non-hydrogen) atoms. The fourth-order valence-corrected chi connectivity index (χ4v) is 1.59. The molecule has 0 radical (unpaired) electrons. The summed E-state index contributed by atoms with van der Waals surface area (Å²) in [6.45, 7) is 0. The lowest BCUT2D eigenvalue weighted by Crippen LogP contribution is -1.94. The van der Waals surface area contributed by atoms with Crippen molar-refractivity contribution in [2.75, 3.05) is 5.43 Å². The van der Waals surface area contributed by atoms with E-state index in [0.29, 0.717) is 5.69 Å². The number of hydrazone groups is 1. The highest BCUT2D eigenvalue weighted by atomic mass is 16.6. The van der Waals surface area contributed by atoms with Crippen molar-refractivity contribution in [1.82, 2.24) is 0 Å². The molecule has 112 valence electrons. The molecular weight excluding hydrogens is 292 g/mol. The van der Waals surface area contributed by atoms with Gasteiger partial charge in [-0.1, -0.05) is 0 Å². The van der Waals surface area contributed by atoms with Gasteiger partial charge in [0.2, 0.25) is 0 Å². The molecule has 0 heterocycles. The first-order chi connectivity index (χ1) is 10.5. The van der Waals surface area contributed by atoms with Gasteiger partial charge in [-0.2, -0.15) is 5.10 Å². The van der Waals surface area contributed by atoms with Crippen molar-refractivity contribution in [2.24, 2.45) is 5.10 Å². The van der Waals surface area contributed by atoms with E-state index in [4.69, 9.17) is 0 Å². The van der Waals surface area contributed by atoms with Crippen molar-refractivity contribution >= 4 is 23.3 Å². The van der Waals surface area contributed by atoms with E-state index in [1.54, 1.807) is 0 Å². The highest BCUT2D eigenvalue weighted by Crippen LogP contribution is 2.21. The summed E-state index contributed by atoms with van der Waals surface area (Å²) in [6.07, 6.45) is 1.21. The van der Waals surface area contributed by atoms with Crippen LogP contribution in [0.4, 0.5) is 17.1 Å². The van der Waals surface area contributed by atoms with E-state index in [9.17, 15) is 25.3 Å². The number of aromatic hydroxyl groups is 1. The van der Waals surface area contributed by atoms with Gasteiger partial charge in [0.15, 0.2) is 0 Å². The molecule has 0 unspecified atom stereocenters. The summed E-state index contributed by atoms with van der Waals surface area (Å²) >= 11 is 0. The maximum absolute atomic E-state index is 10.7. The topological polar surface area (TPSA) is 131 Å². The van der Waals surface area contributed by atoms with E-state index < -0.39 is 9.85 Å². The molecule has 0 spiro atoms. The highest BCUT2D eigenvalue weighted by molar-refractivity contribution is 5.84. The Bertz CT molecular complexity index is 743. The molecule has 2 rings (SSSR count). The van der Waals surface area contributed by atoms with Crippen molar-refractivity contribution < 1.29 is 15.0 Å². The van der Waals surface area contributed by atoms with Crippen molar-refractivity contribution in [3.8, 4) is 5.75 Å². The van der Waals surface area contributed by atoms with E-state index in [2.05, 4.69) is 10.5 Å². The normalized spacial score (nSPS) is 10.5. The van der Waals surface area contributed by atoms with Crippen LogP contribution in [0.1, 0.15) is 5.56 Å². The number of nitro groups is 2. The smallest absolute Gasteiger partial charge is 0.270 e. The average molecular weight is 302 g/mol. The molecule has 0 aromatic heterocycles. The average Bonchev–Trinajstić information content (AvgIpc) is 2.49. The third kappa shape index (κ3) is 3.54. The van der Waals surface area contributed by atoms with E-state index >= 15 is 0 Å². The standard InChI is InChI=1S/C13H10N4O5/c18-13-6-5-12(17(21)22)7-9(13)8-14-15-10-1-3-11(4-2-10)16(19)20/h1-8,15,18H/b14-8+. The summed E-state index contributed by atoms with van der Waals surface area (Å²) in [5, 5.41) is 34.6. The van der Waals surface area contributed by atoms with Crippen molar-refractivity contribution in [2.45, 2.75) is 0 Å². The molecule has 2 aromatic rings. The molecule has 9 heteroatoms. The number of anilines is 1. The Labute approximate surface area is 123 Å². The Morgan fingerprint density at radius 3 is 2.18 bits per heavy atom. The SMILES string of the molecule is O=[N+]([O-])c1ccc(N/N=C/c2cc([N+](=O)[O-])ccc2O)cc1. The Hall–Kier alpha value is -3.49. The second-order valence-electron chi connectivity index (χ2n) is 4.17. The first-order valence-electron chi connectivity index (χ1n) is 5.98. The van der Waals surface area contributed by atoms with Crippen LogP contribution in [-0.2, 0) is 0 Å². The largest absolute Gasteiger partial charge is 0.507 e. The van der Waals surface area contributed by atoms with E-state index in [1.165, 1.54) is 48.7 Å². The lowest BCUT2D eigenvalue weighted by Gasteiger charge is -2.01. The third-order valence-electron chi connectivity index (χ3n) is 2.70. The van der Waals surface area contributed by atoms with Crippen LogP contribution >= 0.6 is 0 Å². The number of phenolic OH excluding ortho intramolecular Hbond substituents is 1. The maximum atomic E-state index is 10.7. The van der Waals surface area contributed by atoms with Crippen LogP contribution in [0.15, 0.2) is 47.6 Å². The van der Waals surface area contributed by atoms with Gasteiger partial charge in [0.05, 0.1) is 21.7 Å². The number of rotatable bonds is 5. The second-order valence-corrected chi connectivity index (χ2v) is 4.17. The number of benzene rings is 2. The minimum atomic E-state index is -0.583. The predicted octanol–water partition coefficient (Wildman–Crippen LogP) is 2.65. The van der Waals surface area contributed by atoms with E-state index in [1.807, 2.05) is 0 Å². The minimum absolute atomic E-state index is 0.0501. The molecular formula is C13H10N4O5. The zero-order chi connectivity index (χ0) is 16.1. The third-order valence-corrected chi connectivity index (χ3v) is 2.70. The molecule has 0 amide bonds. The van der Waals surface area contributed by atoms with Gasteiger partial charge >= 0.3 is 0 Å². The van der Waals surface area contributed by atoms with Crippen LogP contribution in [0.2, 0.25) is 0 Å². The van der Waals surface area contributed by atoms with Crippen molar-refractivity contribution in [3.63, 3.8) is 0 Å². The highest BCUT2D eigenvalue weighted by Gasteiger charge is 2.08. The number of nitrogens with zero attached hydrogens (tertiary/aromatic N) is 3. The Balaban J connectivity index is 2.10. The quantitative estimate of drug-likeness (QED) is 0.496. The molecule has 0 saturated heterocycles. The van der Waals surface area contributed by atoms with Gasteiger partial charge < -0.3 is 5.11 Å². The summed E-state index contributed by atoms with van der Waals surface area (Å²) in [5.74, 6) is -0.153. The number of non-ortho nitro benzene ring substituents is 2. The molecule has 0 atom stereocenters. The van der Waals surface area contributed by atoms with Crippen molar-refractivity contribution in [1.29, 1.82) is 0 Å². The van der Waals surface area contributed by atoms with Gasteiger partial charge in [-0.15, -0.1) is 0 Å². The van der Waals surface area contributed by atoms with Crippen LogP contribution in [0.3, 0.4) is 0 Å². The number of nitro benzene ring substituents is 2. The number of phenols is 1. The Morgan fingerprint density at radius 1 is 1.00 bits per heavy atom. The van der Waals surface area contributed by atoms with Crippen LogP contribution in [0.25, 0.3) is 0 Å². The summed E-state index contributed by atoms with van der Waals surface area (Å²) in [6, 6.07) is 9.09. The van der Waals surface area contributed by atoms with Gasteiger partial charge in [0.1, 0.15) is 5.75 Å². The molecule has 2 N–H and O–H groups in total. The summed E-state index contributed by atoms with van der Waals surface area (Å²) in [4.78, 5) is 20.1. The minimum Gasteiger partial charge on any atom is -0.507 e. The van der Waals surface area contributed by atoms with Crippen molar-refractivity contribution in [3.05, 3.63) is 68.3 Å². The number of nitrogens with one attached hydrogen (secondary N) is 1. The van der Waals surface area contributed by atoms with E-state index in [0.717, 1.165) is 0 Å². The lowest BCUT2D eigenvalue weighted by molar-refractivity contribution is -0.385. The number of hydrogen-bond acceptors (Lipinski definition) is 7. The summed E-state index contributed by atoms with van der Waals surface area (Å²) in [5.41, 5.74) is 3.04. The molecule has 0 bridgehead atoms. The maximum Gasteiger partial charge on any atom is 0.270 e. The molecule has 0 saturated carbocycles. The monoisotopic (exact) mass is 302 g/mol. The number of hydrogen-bond donors (Lipinski definition) is 2. The summed E-state index contributed by atoms with van der Waals surface area (Å²) < 4.78 is 0. The van der Waals surface area contributed by atoms with Gasteiger partial charge in [-0.3, -0.25) is 25.7 Å². The van der Waals surface area contributed by atoms with E-state index in [-0.39, 0.29) is 22.7 Å². The molecule has 0 aliphatic carbocycles. The van der Waals surface area contributed by atoms with Crippen LogP contribution in [0, 0.1) is 20.2 Å². The van der Waals surface area contributed by atoms with Gasteiger partial charge in [-0.25, -0.2) is 0 Å². The molecule has 9 nitrogen and oxygen atoms in total. The molecule has 0 aliphatic heterocycles. The van der Waals surface area contributed by atoms with Crippen LogP contribution in [-0.4, -0.2) is 21.2 Å². The fraction of sp³-hybridized carbons (Fsp3) is 0. The van der Waals surface area contributed by atoms with Crippen LogP contribution in [0.5, 0.6) is 5.75 Å². The fourth-order valence-electron chi connectivity index (χ4n) is 1.59. The summed E-state index contributed by atoms with van der Waals surface area (Å²) in [7, 11) is 0. The first-order valence-corrected chi connectivity index (χ1v) is 5.98. The molecule has 2 aromatic carbocycles. The zero-order valence-corrected chi connectivity index (χ0v) is 11.0. The molecule has 0 fully saturated rings. The lowest BCUT2D eigenvalue weighted by atomic mass is 10.2. The Morgan fingerprint density at radius 2 is 1.59 bits per heavy atom.